The maximum absolute atomic E-state index is 12.6. The summed E-state index contributed by atoms with van der Waals surface area (Å²) in [6.07, 6.45) is 0. The van der Waals surface area contributed by atoms with Crippen molar-refractivity contribution in [2.24, 2.45) is 10.2 Å². The average Bonchev–Trinajstić information content (AvgIpc) is 2.97. The average molecular weight is 834 g/mol. The molecule has 0 aliphatic carbocycles. The fourth-order valence-corrected chi connectivity index (χ4v) is 7.68. The Hall–Kier alpha value is -4.23. The van der Waals surface area contributed by atoms with E-state index >= 15 is 0 Å². The van der Waals surface area contributed by atoms with E-state index in [0.29, 0.717) is 30.3 Å². The SMILES string of the molecule is CNc1nc(Cl)nc(Nc2cc(S(=O)(=O)O)cc3cc(S(=O)(=O)O)c(/N=N/c4ccc(S(=O)(=O)CCOS(=O)(=O)O)cc4S(=O)(=O)O)c(O)c23)n1. The van der Waals surface area contributed by atoms with Gasteiger partial charge in [0, 0.05) is 12.4 Å². The fourth-order valence-electron chi connectivity index (χ4n) is 4.09. The molecule has 0 unspecified atom stereocenters. The highest BCUT2D eigenvalue weighted by molar-refractivity contribution is 7.91. The van der Waals surface area contributed by atoms with Crippen molar-refractivity contribution in [3.63, 3.8) is 0 Å². The molecule has 51 heavy (non-hydrogen) atoms. The first-order valence-corrected chi connectivity index (χ1v) is 20.5. The normalized spacial score (nSPS) is 13.1. The van der Waals surface area contributed by atoms with Crippen LogP contribution in [-0.4, -0.2) is 99.8 Å². The molecule has 1 heterocycles. The number of hydrogen-bond acceptors (Lipinski definition) is 19. The van der Waals surface area contributed by atoms with Crippen molar-refractivity contribution in [2.75, 3.05) is 30.0 Å². The Morgan fingerprint density at radius 2 is 1.39 bits per heavy atom. The minimum absolute atomic E-state index is 0.0972. The monoisotopic (exact) mass is 833 g/mol. The molecule has 23 nitrogen and oxygen atoms in total. The summed E-state index contributed by atoms with van der Waals surface area (Å²) >= 11 is 5.88. The molecule has 0 aliphatic rings. The number of fused-ring (bicyclic) bond motifs is 1. The minimum Gasteiger partial charge on any atom is -0.505 e. The lowest BCUT2D eigenvalue weighted by Gasteiger charge is -2.15. The third kappa shape index (κ3) is 9.56. The quantitative estimate of drug-likeness (QED) is 0.0747. The van der Waals surface area contributed by atoms with Crippen LogP contribution in [0.25, 0.3) is 10.8 Å². The van der Waals surface area contributed by atoms with E-state index in [1.807, 2.05) is 0 Å². The summed E-state index contributed by atoms with van der Waals surface area (Å²) in [5, 5.41) is 22.1. The summed E-state index contributed by atoms with van der Waals surface area (Å²) in [5.74, 6) is -2.76. The Bertz CT molecular complexity index is 2680. The third-order valence-corrected chi connectivity index (χ3v) is 11.1. The van der Waals surface area contributed by atoms with Crippen molar-refractivity contribution >= 4 is 102 Å². The topological polar surface area (TPSA) is 369 Å². The zero-order valence-corrected chi connectivity index (χ0v) is 29.6. The Kier molecular flexibility index (Phi) is 10.9. The molecule has 0 atom stereocenters. The number of benzene rings is 3. The van der Waals surface area contributed by atoms with Crippen molar-refractivity contribution in [3.8, 4) is 5.75 Å². The van der Waals surface area contributed by atoms with Gasteiger partial charge in [-0.05, 0) is 53.4 Å². The minimum atomic E-state index is -5.39. The zero-order chi connectivity index (χ0) is 38.3. The predicted octanol–water partition coefficient (Wildman–Crippen LogP) is 1.92. The van der Waals surface area contributed by atoms with Crippen LogP contribution in [-0.2, 0) is 54.8 Å². The van der Waals surface area contributed by atoms with Crippen molar-refractivity contribution < 1.29 is 69.6 Å². The van der Waals surface area contributed by atoms with Gasteiger partial charge < -0.3 is 15.7 Å². The number of sulfone groups is 1. The first kappa shape index (κ1) is 39.6. The molecule has 0 radical (unpaired) electrons. The summed E-state index contributed by atoms with van der Waals surface area (Å²) in [5.41, 5.74) is -2.44. The van der Waals surface area contributed by atoms with Crippen molar-refractivity contribution in [1.29, 1.82) is 0 Å². The maximum Gasteiger partial charge on any atom is 0.397 e. The largest absolute Gasteiger partial charge is 0.505 e. The predicted molar refractivity (Wildman–Crippen MR) is 173 cm³/mol. The van der Waals surface area contributed by atoms with Gasteiger partial charge in [-0.3, -0.25) is 18.2 Å². The number of azo groups is 1. The standard InChI is InChI=1S/C22H20ClN7O16S5/c1-24-21-26-20(23)27-22(28-21)25-14-8-12(48(34,35)36)6-10-7-16(50(40,41)42)18(19(31)17(10)14)30-29-13-3-2-11(9-15(13)49(37,38)39)47(32,33)5-4-46-51(43,44)45/h2-3,6-9,31H,4-5H2,1H3,(H,34,35,36)(H,37,38,39)(H,40,41,42)(H,43,44,45)(H2,24,25,26,27,28)/b30-29+. The molecule has 4 rings (SSSR count). The van der Waals surface area contributed by atoms with Gasteiger partial charge in [0.15, 0.2) is 15.6 Å². The molecule has 276 valence electrons. The lowest BCUT2D eigenvalue weighted by molar-refractivity contribution is 0.284. The molecule has 7 N–H and O–H groups in total. The lowest BCUT2D eigenvalue weighted by Crippen LogP contribution is -2.16. The number of halogens is 1. The molecule has 0 fully saturated rings. The molecule has 29 heteroatoms. The number of aromatic nitrogens is 3. The number of aromatic hydroxyl groups is 1. The Balaban J connectivity index is 1.96. The highest BCUT2D eigenvalue weighted by Crippen LogP contribution is 2.46. The molecular weight excluding hydrogens is 814 g/mol. The lowest BCUT2D eigenvalue weighted by atomic mass is 10.1. The Morgan fingerprint density at radius 1 is 0.765 bits per heavy atom. The molecule has 1 aromatic heterocycles. The van der Waals surface area contributed by atoms with Crippen molar-refractivity contribution in [2.45, 2.75) is 19.6 Å². The van der Waals surface area contributed by atoms with Gasteiger partial charge in [-0.1, -0.05) is 0 Å². The number of nitrogens with zero attached hydrogens (tertiary/aromatic N) is 5. The fraction of sp³-hybridized carbons (Fsp3) is 0.136. The van der Waals surface area contributed by atoms with Crippen LogP contribution in [0.4, 0.5) is 29.0 Å². The van der Waals surface area contributed by atoms with Crippen LogP contribution in [0.2, 0.25) is 5.28 Å². The molecule has 0 saturated heterocycles. The number of rotatable bonds is 13. The van der Waals surface area contributed by atoms with Gasteiger partial charge in [-0.15, -0.1) is 10.2 Å². The smallest absolute Gasteiger partial charge is 0.397 e. The van der Waals surface area contributed by atoms with Gasteiger partial charge in [-0.25, -0.2) is 12.6 Å². The second-order valence-corrected chi connectivity index (χ2v) is 17.3. The van der Waals surface area contributed by atoms with Crippen LogP contribution in [0.15, 0.2) is 66.2 Å². The van der Waals surface area contributed by atoms with Crippen LogP contribution in [0.3, 0.4) is 0 Å². The highest BCUT2D eigenvalue weighted by Gasteiger charge is 2.27. The molecule has 0 amide bonds. The first-order valence-electron chi connectivity index (χ1n) is 12.8. The van der Waals surface area contributed by atoms with Gasteiger partial charge in [0.1, 0.15) is 21.2 Å². The molecule has 0 aliphatic heterocycles. The first-order chi connectivity index (χ1) is 23.3. The van der Waals surface area contributed by atoms with Gasteiger partial charge in [0.25, 0.3) is 30.4 Å². The summed E-state index contributed by atoms with van der Waals surface area (Å²) in [4.78, 5) is 7.31. The van der Waals surface area contributed by atoms with Crippen LogP contribution >= 0.6 is 11.6 Å². The summed E-state index contributed by atoms with van der Waals surface area (Å²) < 4.78 is 162. The van der Waals surface area contributed by atoms with Crippen LogP contribution in [0.1, 0.15) is 0 Å². The van der Waals surface area contributed by atoms with Crippen LogP contribution < -0.4 is 10.6 Å². The van der Waals surface area contributed by atoms with Crippen LogP contribution in [0.5, 0.6) is 5.75 Å². The second-order valence-electron chi connectivity index (χ2n) is 9.59. The summed E-state index contributed by atoms with van der Waals surface area (Å²) in [7, 11) is -24.0. The van der Waals surface area contributed by atoms with Gasteiger partial charge in [0.05, 0.1) is 27.8 Å². The van der Waals surface area contributed by atoms with E-state index in [9.17, 15) is 60.9 Å². The Morgan fingerprint density at radius 3 is 1.96 bits per heavy atom. The molecule has 3 aromatic carbocycles. The van der Waals surface area contributed by atoms with E-state index in [0.717, 1.165) is 6.07 Å². The maximum atomic E-state index is 12.6. The number of phenolic OH excluding ortho intramolecular Hbond substituents is 1. The Labute approximate surface area is 292 Å². The van der Waals surface area contributed by atoms with E-state index < -0.39 is 116 Å². The highest BCUT2D eigenvalue weighted by atomic mass is 35.5. The van der Waals surface area contributed by atoms with E-state index in [4.69, 9.17) is 16.2 Å². The number of anilines is 3. The van der Waals surface area contributed by atoms with E-state index in [1.165, 1.54) is 7.05 Å². The van der Waals surface area contributed by atoms with Crippen LogP contribution in [0, 0.1) is 0 Å². The van der Waals surface area contributed by atoms with Crippen molar-refractivity contribution in [1.82, 2.24) is 15.0 Å². The van der Waals surface area contributed by atoms with E-state index in [2.05, 4.69) is 40.0 Å². The van der Waals surface area contributed by atoms with E-state index in [1.54, 1.807) is 0 Å². The summed E-state index contributed by atoms with van der Waals surface area (Å²) in [6.45, 7) is -1.09. The molecule has 4 aromatic rings. The van der Waals surface area contributed by atoms with E-state index in [-0.39, 0.29) is 17.2 Å². The second kappa shape index (κ2) is 14.1. The van der Waals surface area contributed by atoms with Gasteiger partial charge >= 0.3 is 10.4 Å². The number of phenols is 1. The summed E-state index contributed by atoms with van der Waals surface area (Å²) in [6, 6.07) is 3.78. The third-order valence-electron chi connectivity index (χ3n) is 6.19. The van der Waals surface area contributed by atoms with Gasteiger partial charge in [-0.2, -0.15) is 48.6 Å². The number of hydrogen-bond donors (Lipinski definition) is 7. The molecule has 0 spiro atoms. The zero-order valence-electron chi connectivity index (χ0n) is 24.8. The number of nitrogens with one attached hydrogen (secondary N) is 2. The molecule has 0 saturated carbocycles. The van der Waals surface area contributed by atoms with Gasteiger partial charge in [0.2, 0.25) is 17.2 Å². The van der Waals surface area contributed by atoms with Crippen molar-refractivity contribution in [3.05, 3.63) is 41.7 Å². The molecular formula is C22H20ClN7O16S5. The molecule has 0 bridgehead atoms.